The fourth-order valence-electron chi connectivity index (χ4n) is 9.11. The van der Waals surface area contributed by atoms with E-state index in [0.29, 0.717) is 17.6 Å². The zero-order valence-electron chi connectivity index (χ0n) is 32.3. The molecule has 0 amide bonds. The standard InChI is InChI=1S/C54H38N4/c1-54(2)46-23-13-11-20-42(46)45-33-34-48-49(50(45)54)44-22-10-9-19-41(44)43-21-12-14-24-47(43)58(48)53-56-51(39-29-25-37(26-30-39)35-15-5-3-6-16-35)55-52(57-53)40-31-27-38(28-32-40)36-17-7-4-8-18-36/h3-34H,1-2H3. The summed E-state index contributed by atoms with van der Waals surface area (Å²) in [7, 11) is 0. The third-order valence-electron chi connectivity index (χ3n) is 11.9. The first kappa shape index (κ1) is 33.9. The number of benzene rings is 8. The molecule has 0 unspecified atom stereocenters. The molecule has 0 radical (unpaired) electrons. The topological polar surface area (TPSA) is 41.9 Å². The van der Waals surface area contributed by atoms with Crippen LogP contribution in [0.4, 0.5) is 17.3 Å². The highest BCUT2D eigenvalue weighted by Gasteiger charge is 2.41. The molecule has 58 heavy (non-hydrogen) atoms. The van der Waals surface area contributed by atoms with Crippen LogP contribution in [0.15, 0.2) is 194 Å². The van der Waals surface area contributed by atoms with Crippen LogP contribution in [0.2, 0.25) is 0 Å². The molecule has 11 rings (SSSR count). The average Bonchev–Trinajstić information content (AvgIpc) is 3.44. The van der Waals surface area contributed by atoms with E-state index < -0.39 is 0 Å². The van der Waals surface area contributed by atoms with E-state index in [1.54, 1.807) is 0 Å². The fourth-order valence-corrected chi connectivity index (χ4v) is 9.11. The molecule has 0 atom stereocenters. The van der Waals surface area contributed by atoms with Gasteiger partial charge in [0.2, 0.25) is 5.95 Å². The Morgan fingerprint density at radius 1 is 0.345 bits per heavy atom. The van der Waals surface area contributed by atoms with Crippen LogP contribution in [0.25, 0.3) is 78.4 Å². The normalized spacial score (nSPS) is 13.1. The van der Waals surface area contributed by atoms with Gasteiger partial charge in [-0.05, 0) is 67.8 Å². The Labute approximate surface area is 338 Å². The van der Waals surface area contributed by atoms with Gasteiger partial charge in [-0.25, -0.2) is 4.98 Å². The van der Waals surface area contributed by atoms with E-state index in [1.807, 2.05) is 12.1 Å². The van der Waals surface area contributed by atoms with Crippen molar-refractivity contribution in [3.63, 3.8) is 0 Å². The number of hydrogen-bond acceptors (Lipinski definition) is 4. The molecule has 4 nitrogen and oxygen atoms in total. The van der Waals surface area contributed by atoms with Gasteiger partial charge < -0.3 is 0 Å². The Hall–Kier alpha value is -7.43. The molecule has 1 aliphatic heterocycles. The molecule has 0 spiro atoms. The van der Waals surface area contributed by atoms with Crippen LogP contribution in [-0.4, -0.2) is 15.0 Å². The van der Waals surface area contributed by atoms with Crippen LogP contribution in [0, 0.1) is 0 Å². The van der Waals surface area contributed by atoms with Gasteiger partial charge >= 0.3 is 0 Å². The minimum atomic E-state index is -0.247. The molecular weight excluding hydrogens is 705 g/mol. The molecule has 274 valence electrons. The van der Waals surface area contributed by atoms with Gasteiger partial charge in [-0.3, -0.25) is 4.90 Å². The lowest BCUT2D eigenvalue weighted by Crippen LogP contribution is -2.19. The number of nitrogens with zero attached hydrogens (tertiary/aromatic N) is 4. The number of rotatable bonds is 5. The van der Waals surface area contributed by atoms with Gasteiger partial charge in [0.1, 0.15) is 0 Å². The molecule has 0 bridgehead atoms. The highest BCUT2D eigenvalue weighted by atomic mass is 15.3. The van der Waals surface area contributed by atoms with Gasteiger partial charge in [0.25, 0.3) is 0 Å². The zero-order chi connectivity index (χ0) is 38.8. The van der Waals surface area contributed by atoms with Crippen LogP contribution in [0.3, 0.4) is 0 Å². The number of hydrogen-bond donors (Lipinski definition) is 0. The maximum absolute atomic E-state index is 5.40. The van der Waals surface area contributed by atoms with Crippen molar-refractivity contribution in [3.8, 4) is 78.4 Å². The van der Waals surface area contributed by atoms with Gasteiger partial charge in [-0.2, -0.15) is 9.97 Å². The summed E-state index contributed by atoms with van der Waals surface area (Å²) in [6.07, 6.45) is 0. The highest BCUT2D eigenvalue weighted by molar-refractivity contribution is 6.06. The third kappa shape index (κ3) is 5.41. The molecule has 1 aliphatic carbocycles. The quantitative estimate of drug-likeness (QED) is 0.176. The summed E-state index contributed by atoms with van der Waals surface area (Å²) in [4.78, 5) is 18.3. The summed E-state index contributed by atoms with van der Waals surface area (Å²) < 4.78 is 0. The van der Waals surface area contributed by atoms with Crippen LogP contribution >= 0.6 is 0 Å². The fraction of sp³-hybridized carbons (Fsp3) is 0.0556. The lowest BCUT2D eigenvalue weighted by atomic mass is 9.77. The van der Waals surface area contributed by atoms with Crippen molar-refractivity contribution in [2.75, 3.05) is 4.90 Å². The molecule has 0 fully saturated rings. The second kappa shape index (κ2) is 13.4. The first-order valence-electron chi connectivity index (χ1n) is 19.9. The van der Waals surface area contributed by atoms with Gasteiger partial charge in [-0.15, -0.1) is 0 Å². The van der Waals surface area contributed by atoms with Crippen LogP contribution in [0.1, 0.15) is 25.0 Å². The van der Waals surface area contributed by atoms with Crippen molar-refractivity contribution in [3.05, 3.63) is 205 Å². The third-order valence-corrected chi connectivity index (χ3v) is 11.9. The monoisotopic (exact) mass is 742 g/mol. The Bertz CT molecular complexity index is 2900. The second-order valence-electron chi connectivity index (χ2n) is 15.6. The van der Waals surface area contributed by atoms with Gasteiger partial charge in [0, 0.05) is 27.7 Å². The van der Waals surface area contributed by atoms with E-state index in [2.05, 4.69) is 201 Å². The summed E-state index contributed by atoms with van der Waals surface area (Å²) in [5.74, 6) is 1.79. The van der Waals surface area contributed by atoms with E-state index in [4.69, 9.17) is 15.0 Å². The average molecular weight is 743 g/mol. The maximum Gasteiger partial charge on any atom is 0.238 e. The van der Waals surface area contributed by atoms with Gasteiger partial charge in [-0.1, -0.05) is 196 Å². The summed E-state index contributed by atoms with van der Waals surface area (Å²) in [6.45, 7) is 4.72. The van der Waals surface area contributed by atoms with Crippen LogP contribution < -0.4 is 4.90 Å². The van der Waals surface area contributed by atoms with Crippen molar-refractivity contribution in [2.24, 2.45) is 0 Å². The summed E-state index contributed by atoms with van der Waals surface area (Å²) in [5.41, 5.74) is 18.2. The van der Waals surface area contributed by atoms with E-state index in [9.17, 15) is 0 Å². The molecule has 0 saturated heterocycles. The minimum absolute atomic E-state index is 0.247. The maximum atomic E-state index is 5.40. The first-order valence-corrected chi connectivity index (χ1v) is 19.9. The van der Waals surface area contributed by atoms with Crippen molar-refractivity contribution in [1.82, 2.24) is 15.0 Å². The molecule has 2 aliphatic rings. The minimum Gasteiger partial charge on any atom is -0.278 e. The van der Waals surface area contributed by atoms with Crippen molar-refractivity contribution < 1.29 is 0 Å². The molecule has 2 heterocycles. The second-order valence-corrected chi connectivity index (χ2v) is 15.6. The highest BCUT2D eigenvalue weighted by Crippen LogP contribution is 2.59. The number of para-hydroxylation sites is 1. The molecule has 0 saturated carbocycles. The van der Waals surface area contributed by atoms with Gasteiger partial charge in [0.15, 0.2) is 11.6 Å². The largest absolute Gasteiger partial charge is 0.278 e. The van der Waals surface area contributed by atoms with Crippen molar-refractivity contribution in [1.29, 1.82) is 0 Å². The van der Waals surface area contributed by atoms with E-state index in [1.165, 1.54) is 50.1 Å². The predicted molar refractivity (Wildman–Crippen MR) is 238 cm³/mol. The number of aromatic nitrogens is 3. The zero-order valence-corrected chi connectivity index (χ0v) is 32.3. The summed E-state index contributed by atoms with van der Waals surface area (Å²) in [6, 6.07) is 68.9. The Balaban J connectivity index is 1.16. The molecule has 1 aromatic heterocycles. The van der Waals surface area contributed by atoms with Gasteiger partial charge in [0.05, 0.1) is 11.4 Å². The lowest BCUT2D eigenvalue weighted by Gasteiger charge is -2.30. The number of anilines is 3. The first-order chi connectivity index (χ1) is 28.5. The summed E-state index contributed by atoms with van der Waals surface area (Å²) >= 11 is 0. The predicted octanol–water partition coefficient (Wildman–Crippen LogP) is 14.0. The molecule has 0 N–H and O–H groups in total. The van der Waals surface area contributed by atoms with Crippen molar-refractivity contribution >= 4 is 17.3 Å². The van der Waals surface area contributed by atoms with Crippen molar-refractivity contribution in [2.45, 2.75) is 19.3 Å². The van der Waals surface area contributed by atoms with E-state index in [0.717, 1.165) is 39.2 Å². The Morgan fingerprint density at radius 3 is 1.41 bits per heavy atom. The molecule has 9 aromatic rings. The van der Waals surface area contributed by atoms with E-state index >= 15 is 0 Å². The van der Waals surface area contributed by atoms with Crippen LogP contribution in [-0.2, 0) is 5.41 Å². The molecule has 4 heteroatoms. The molecule has 8 aromatic carbocycles. The number of fused-ring (bicyclic) bond motifs is 9. The Morgan fingerprint density at radius 2 is 0.810 bits per heavy atom. The molecular formula is C54H38N4. The summed E-state index contributed by atoms with van der Waals surface area (Å²) in [5, 5.41) is 0. The smallest absolute Gasteiger partial charge is 0.238 e. The Kier molecular flexibility index (Phi) is 7.80. The SMILES string of the molecule is CC1(C)c2ccccc2-c2ccc3c(c21)-c1ccccc1-c1ccccc1N3c1nc(-c2ccc(-c3ccccc3)cc2)nc(-c2ccc(-c3ccccc3)cc2)n1. The lowest BCUT2D eigenvalue weighted by molar-refractivity contribution is 0.662. The van der Waals surface area contributed by atoms with Crippen LogP contribution in [0.5, 0.6) is 0 Å². The van der Waals surface area contributed by atoms with E-state index in [-0.39, 0.29) is 5.41 Å².